The molecule has 2 aromatic rings. The van der Waals surface area contributed by atoms with Crippen LogP contribution in [0, 0.1) is 13.8 Å². The Balaban J connectivity index is 1.95. The molecule has 2 aromatic heterocycles. The molecule has 0 saturated carbocycles. The minimum absolute atomic E-state index is 0.00937. The van der Waals surface area contributed by atoms with Crippen LogP contribution in [0.5, 0.6) is 0 Å². The Hall–Kier alpha value is -2.22. The van der Waals surface area contributed by atoms with Crippen molar-refractivity contribution in [1.29, 1.82) is 0 Å². The quantitative estimate of drug-likeness (QED) is 0.843. The zero-order valence-electron chi connectivity index (χ0n) is 14.9. The smallest absolute Gasteiger partial charge is 0.348 e. The lowest BCUT2D eigenvalue weighted by Gasteiger charge is -2.33. The molecule has 8 heteroatoms. The van der Waals surface area contributed by atoms with E-state index in [-0.39, 0.29) is 17.9 Å². The molecule has 0 aromatic carbocycles. The first-order valence-corrected chi connectivity index (χ1v) is 9.10. The zero-order chi connectivity index (χ0) is 18.1. The summed E-state index contributed by atoms with van der Waals surface area (Å²) in [6, 6.07) is 0.210. The Morgan fingerprint density at radius 2 is 1.92 bits per heavy atom. The average molecular weight is 362 g/mol. The van der Waals surface area contributed by atoms with Crippen LogP contribution in [-0.2, 0) is 9.53 Å². The van der Waals surface area contributed by atoms with Gasteiger partial charge in [0.25, 0.3) is 0 Å². The summed E-state index contributed by atoms with van der Waals surface area (Å²) in [5.74, 6) is 1.22. The molecule has 1 aliphatic rings. The molecule has 1 amide bonds. The first kappa shape index (κ1) is 17.6. The average Bonchev–Trinajstić information content (AvgIpc) is 2.90. The molecule has 1 fully saturated rings. The fourth-order valence-electron chi connectivity index (χ4n) is 3.26. The highest BCUT2D eigenvalue weighted by molar-refractivity contribution is 7.20. The lowest BCUT2D eigenvalue weighted by Crippen LogP contribution is -2.44. The van der Waals surface area contributed by atoms with Crippen molar-refractivity contribution in [3.05, 3.63) is 16.3 Å². The van der Waals surface area contributed by atoms with E-state index < -0.39 is 0 Å². The van der Waals surface area contributed by atoms with E-state index >= 15 is 0 Å². The van der Waals surface area contributed by atoms with Gasteiger partial charge in [-0.2, -0.15) is 0 Å². The molecular formula is C17H22N4O3S. The number of methoxy groups -OCH3 is 1. The molecule has 1 saturated heterocycles. The minimum atomic E-state index is -0.339. The number of aromatic nitrogens is 2. The highest BCUT2D eigenvalue weighted by Crippen LogP contribution is 2.36. The number of piperidine rings is 1. The molecule has 3 heterocycles. The molecule has 0 spiro atoms. The summed E-state index contributed by atoms with van der Waals surface area (Å²) < 4.78 is 4.88. The highest BCUT2D eigenvalue weighted by atomic mass is 32.1. The van der Waals surface area contributed by atoms with E-state index in [4.69, 9.17) is 4.74 Å². The van der Waals surface area contributed by atoms with Gasteiger partial charge < -0.3 is 15.0 Å². The SMILES string of the molecule is COC(=O)c1sc2nc(C)nc(N3CCC(NC(C)=O)CC3)c2c1C. The molecular weight excluding hydrogens is 340 g/mol. The lowest BCUT2D eigenvalue weighted by molar-refractivity contribution is -0.119. The van der Waals surface area contributed by atoms with Crippen molar-refractivity contribution in [3.8, 4) is 0 Å². The second-order valence-corrected chi connectivity index (χ2v) is 7.28. The monoisotopic (exact) mass is 362 g/mol. The number of aryl methyl sites for hydroxylation is 2. The van der Waals surface area contributed by atoms with Crippen molar-refractivity contribution in [2.75, 3.05) is 25.1 Å². The van der Waals surface area contributed by atoms with Crippen LogP contribution < -0.4 is 10.2 Å². The first-order valence-electron chi connectivity index (χ1n) is 8.28. The number of hydrogen-bond donors (Lipinski definition) is 1. The van der Waals surface area contributed by atoms with Gasteiger partial charge in [0.1, 0.15) is 21.3 Å². The summed E-state index contributed by atoms with van der Waals surface area (Å²) >= 11 is 1.35. The van der Waals surface area contributed by atoms with E-state index in [0.29, 0.717) is 10.7 Å². The van der Waals surface area contributed by atoms with Crippen LogP contribution >= 0.6 is 11.3 Å². The maximum atomic E-state index is 12.0. The fourth-order valence-corrected chi connectivity index (χ4v) is 4.40. The van der Waals surface area contributed by atoms with E-state index in [2.05, 4.69) is 20.2 Å². The van der Waals surface area contributed by atoms with Crippen molar-refractivity contribution in [2.45, 2.75) is 39.7 Å². The number of rotatable bonds is 3. The summed E-state index contributed by atoms with van der Waals surface area (Å²) in [4.78, 5) is 36.0. The van der Waals surface area contributed by atoms with Gasteiger partial charge in [0.05, 0.1) is 12.5 Å². The third-order valence-corrected chi connectivity index (χ3v) is 5.62. The van der Waals surface area contributed by atoms with Crippen LogP contribution in [0.3, 0.4) is 0 Å². The van der Waals surface area contributed by atoms with Crippen molar-refractivity contribution in [3.63, 3.8) is 0 Å². The third-order valence-electron chi connectivity index (χ3n) is 4.46. The molecule has 0 bridgehead atoms. The van der Waals surface area contributed by atoms with Crippen molar-refractivity contribution in [1.82, 2.24) is 15.3 Å². The van der Waals surface area contributed by atoms with E-state index in [1.165, 1.54) is 18.4 Å². The number of hydrogen-bond acceptors (Lipinski definition) is 7. The summed E-state index contributed by atoms with van der Waals surface area (Å²) in [5.41, 5.74) is 0.867. The number of carbonyl (C=O) groups is 2. The largest absolute Gasteiger partial charge is 0.465 e. The molecule has 1 N–H and O–H groups in total. The normalized spacial score (nSPS) is 15.4. The van der Waals surface area contributed by atoms with E-state index in [1.54, 1.807) is 6.92 Å². The van der Waals surface area contributed by atoms with Gasteiger partial charge in [-0.25, -0.2) is 14.8 Å². The molecule has 0 atom stereocenters. The predicted octanol–water partition coefficient (Wildman–Crippen LogP) is 2.20. The summed E-state index contributed by atoms with van der Waals surface area (Å²) in [5, 5.41) is 3.91. The third kappa shape index (κ3) is 3.44. The van der Waals surface area contributed by atoms with Crippen LogP contribution in [0.4, 0.5) is 5.82 Å². The van der Waals surface area contributed by atoms with Crippen molar-refractivity contribution in [2.24, 2.45) is 0 Å². The number of esters is 1. The summed E-state index contributed by atoms with van der Waals surface area (Å²) in [6.07, 6.45) is 1.74. The molecule has 1 aliphatic heterocycles. The number of fused-ring (bicyclic) bond motifs is 1. The van der Waals surface area contributed by atoms with Crippen LogP contribution in [0.1, 0.15) is 40.8 Å². The van der Waals surface area contributed by atoms with E-state index in [1.807, 2.05) is 13.8 Å². The minimum Gasteiger partial charge on any atom is -0.465 e. The van der Waals surface area contributed by atoms with Gasteiger partial charge in [-0.05, 0) is 32.3 Å². The lowest BCUT2D eigenvalue weighted by atomic mass is 10.0. The molecule has 3 rings (SSSR count). The van der Waals surface area contributed by atoms with Gasteiger partial charge >= 0.3 is 5.97 Å². The van der Waals surface area contributed by atoms with Crippen LogP contribution in [0.25, 0.3) is 10.2 Å². The Labute approximate surface area is 150 Å². The topological polar surface area (TPSA) is 84.4 Å². The van der Waals surface area contributed by atoms with Crippen LogP contribution in [-0.4, -0.2) is 48.1 Å². The molecule has 0 radical (unpaired) electrons. The zero-order valence-corrected chi connectivity index (χ0v) is 15.7. The maximum absolute atomic E-state index is 12.0. The fraction of sp³-hybridized carbons (Fsp3) is 0.529. The predicted molar refractivity (Wildman–Crippen MR) is 97.3 cm³/mol. The van der Waals surface area contributed by atoms with E-state index in [9.17, 15) is 9.59 Å². The van der Waals surface area contributed by atoms with Gasteiger partial charge in [-0.3, -0.25) is 4.79 Å². The van der Waals surface area contributed by atoms with E-state index in [0.717, 1.165) is 47.5 Å². The summed E-state index contributed by atoms with van der Waals surface area (Å²) in [6.45, 7) is 6.93. The number of nitrogens with one attached hydrogen (secondary N) is 1. The molecule has 134 valence electrons. The number of nitrogens with zero attached hydrogens (tertiary/aromatic N) is 3. The van der Waals surface area contributed by atoms with Gasteiger partial charge in [0, 0.05) is 26.1 Å². The number of carbonyl (C=O) groups excluding carboxylic acids is 2. The van der Waals surface area contributed by atoms with Crippen molar-refractivity contribution >= 4 is 39.2 Å². The van der Waals surface area contributed by atoms with Gasteiger partial charge in [0.2, 0.25) is 5.91 Å². The molecule has 25 heavy (non-hydrogen) atoms. The summed E-state index contributed by atoms with van der Waals surface area (Å²) in [7, 11) is 1.39. The first-order chi connectivity index (χ1) is 11.9. The molecule has 7 nitrogen and oxygen atoms in total. The number of ether oxygens (including phenoxy) is 1. The second kappa shape index (κ2) is 6.95. The standard InChI is InChI=1S/C17H22N4O3S/c1-9-13-15(21-7-5-12(6-8-21)20-11(3)22)18-10(2)19-16(13)25-14(9)17(23)24-4/h12H,5-8H2,1-4H3,(H,20,22). The van der Waals surface area contributed by atoms with Crippen LogP contribution in [0.15, 0.2) is 0 Å². The Kier molecular flexibility index (Phi) is 4.89. The van der Waals surface area contributed by atoms with Crippen molar-refractivity contribution < 1.29 is 14.3 Å². The molecule has 0 unspecified atom stereocenters. The van der Waals surface area contributed by atoms with Crippen LogP contribution in [0.2, 0.25) is 0 Å². The van der Waals surface area contributed by atoms with Gasteiger partial charge in [0.15, 0.2) is 0 Å². The van der Waals surface area contributed by atoms with Gasteiger partial charge in [-0.15, -0.1) is 11.3 Å². The molecule has 0 aliphatic carbocycles. The highest BCUT2D eigenvalue weighted by Gasteiger charge is 2.26. The number of anilines is 1. The Morgan fingerprint density at radius 1 is 1.24 bits per heavy atom. The second-order valence-electron chi connectivity index (χ2n) is 6.28. The number of amides is 1. The Morgan fingerprint density at radius 3 is 2.52 bits per heavy atom. The Bertz CT molecular complexity index is 825. The van der Waals surface area contributed by atoms with Gasteiger partial charge in [-0.1, -0.05) is 0 Å². The maximum Gasteiger partial charge on any atom is 0.348 e. The number of thiophene rings is 1.